The second-order valence-electron chi connectivity index (χ2n) is 4.57. The molecule has 4 heteroatoms. The lowest BCUT2D eigenvalue weighted by Gasteiger charge is -2.07. The molecule has 2 aromatic rings. The first kappa shape index (κ1) is 14.9. The molecule has 0 saturated carbocycles. The van der Waals surface area contributed by atoms with Gasteiger partial charge in [-0.3, -0.25) is 4.79 Å². The second-order valence-corrected chi connectivity index (χ2v) is 5.41. The molecule has 1 N–H and O–H groups in total. The zero-order valence-corrected chi connectivity index (χ0v) is 12.6. The van der Waals surface area contributed by atoms with E-state index in [9.17, 15) is 4.79 Å². The molecule has 0 atom stereocenters. The van der Waals surface area contributed by atoms with E-state index in [4.69, 9.17) is 23.2 Å². The van der Waals surface area contributed by atoms with Crippen molar-refractivity contribution in [3.8, 4) is 0 Å². The van der Waals surface area contributed by atoms with Crippen molar-refractivity contribution in [1.29, 1.82) is 0 Å². The zero-order valence-electron chi connectivity index (χ0n) is 11.1. The lowest BCUT2D eigenvalue weighted by atomic mass is 10.1. The molecule has 0 fully saturated rings. The smallest absolute Gasteiger partial charge is 0.164 e. The summed E-state index contributed by atoms with van der Waals surface area (Å²) in [4.78, 5) is 12.0. The Morgan fingerprint density at radius 2 is 1.80 bits per heavy atom. The van der Waals surface area contributed by atoms with Crippen molar-refractivity contribution >= 4 is 34.7 Å². The van der Waals surface area contributed by atoms with Crippen LogP contribution in [0.2, 0.25) is 10.0 Å². The Hall–Kier alpha value is -1.51. The number of hydrogen-bond acceptors (Lipinski definition) is 2. The summed E-state index contributed by atoms with van der Waals surface area (Å²) in [7, 11) is 0. The molecule has 0 amide bonds. The summed E-state index contributed by atoms with van der Waals surface area (Å²) in [6.07, 6.45) is 0.424. The summed E-state index contributed by atoms with van der Waals surface area (Å²) in [5.74, 6) is 0.0902. The summed E-state index contributed by atoms with van der Waals surface area (Å²) >= 11 is 11.8. The SMILES string of the molecule is Cc1ccc(NCCC(=O)c2ccc(Cl)cc2)cc1Cl. The van der Waals surface area contributed by atoms with Gasteiger partial charge in [0.2, 0.25) is 0 Å². The minimum Gasteiger partial charge on any atom is -0.385 e. The van der Waals surface area contributed by atoms with E-state index in [0.29, 0.717) is 23.6 Å². The molecule has 0 heterocycles. The van der Waals surface area contributed by atoms with Crippen molar-refractivity contribution in [3.05, 3.63) is 63.6 Å². The Balaban J connectivity index is 1.87. The maximum atomic E-state index is 12.0. The molecule has 20 heavy (non-hydrogen) atoms. The van der Waals surface area contributed by atoms with Gasteiger partial charge in [-0.15, -0.1) is 0 Å². The Bertz CT molecular complexity index is 608. The molecule has 2 nitrogen and oxygen atoms in total. The Labute approximate surface area is 128 Å². The number of ketones is 1. The van der Waals surface area contributed by atoms with Crippen molar-refractivity contribution in [1.82, 2.24) is 0 Å². The first-order chi connectivity index (χ1) is 9.56. The quantitative estimate of drug-likeness (QED) is 0.789. The third-order valence-electron chi connectivity index (χ3n) is 3.02. The minimum absolute atomic E-state index is 0.0902. The molecule has 0 aliphatic rings. The highest BCUT2D eigenvalue weighted by molar-refractivity contribution is 6.31. The largest absolute Gasteiger partial charge is 0.385 e. The first-order valence-corrected chi connectivity index (χ1v) is 7.10. The molecule has 104 valence electrons. The predicted molar refractivity (Wildman–Crippen MR) is 85.1 cm³/mol. The van der Waals surface area contributed by atoms with Gasteiger partial charge < -0.3 is 5.32 Å². The van der Waals surface area contributed by atoms with Crippen molar-refractivity contribution < 1.29 is 4.79 Å². The van der Waals surface area contributed by atoms with E-state index < -0.39 is 0 Å². The summed E-state index contributed by atoms with van der Waals surface area (Å²) < 4.78 is 0. The van der Waals surface area contributed by atoms with Crippen molar-refractivity contribution in [2.24, 2.45) is 0 Å². The van der Waals surface area contributed by atoms with Crippen LogP contribution in [0.4, 0.5) is 5.69 Å². The molecule has 0 saturated heterocycles. The number of benzene rings is 2. The topological polar surface area (TPSA) is 29.1 Å². The number of aryl methyl sites for hydroxylation is 1. The van der Waals surface area contributed by atoms with Gasteiger partial charge in [-0.25, -0.2) is 0 Å². The molecule has 0 aliphatic carbocycles. The van der Waals surface area contributed by atoms with Gasteiger partial charge in [-0.05, 0) is 48.9 Å². The van der Waals surface area contributed by atoms with Crippen molar-refractivity contribution in [3.63, 3.8) is 0 Å². The normalized spacial score (nSPS) is 10.3. The van der Waals surface area contributed by atoms with Crippen LogP contribution in [0.3, 0.4) is 0 Å². The van der Waals surface area contributed by atoms with Crippen LogP contribution >= 0.6 is 23.2 Å². The number of rotatable bonds is 5. The summed E-state index contributed by atoms with van der Waals surface area (Å²) in [5, 5.41) is 4.55. The molecule has 2 aromatic carbocycles. The average molecular weight is 308 g/mol. The Morgan fingerprint density at radius 1 is 1.10 bits per heavy atom. The van der Waals surface area contributed by atoms with E-state index in [0.717, 1.165) is 16.3 Å². The van der Waals surface area contributed by atoms with Crippen LogP contribution in [0.15, 0.2) is 42.5 Å². The van der Waals surface area contributed by atoms with Gasteiger partial charge in [-0.1, -0.05) is 29.3 Å². The van der Waals surface area contributed by atoms with Crippen LogP contribution < -0.4 is 5.32 Å². The third-order valence-corrected chi connectivity index (χ3v) is 3.68. The summed E-state index contributed by atoms with van der Waals surface area (Å²) in [5.41, 5.74) is 2.64. The Kier molecular flexibility index (Phi) is 5.05. The monoisotopic (exact) mass is 307 g/mol. The van der Waals surface area contributed by atoms with Gasteiger partial charge in [0.15, 0.2) is 5.78 Å². The van der Waals surface area contributed by atoms with E-state index in [1.54, 1.807) is 24.3 Å². The van der Waals surface area contributed by atoms with Gasteiger partial charge in [-0.2, -0.15) is 0 Å². The molecule has 0 unspecified atom stereocenters. The maximum absolute atomic E-state index is 12.0. The number of hydrogen-bond donors (Lipinski definition) is 1. The highest BCUT2D eigenvalue weighted by Gasteiger charge is 2.05. The first-order valence-electron chi connectivity index (χ1n) is 6.35. The molecule has 0 aromatic heterocycles. The lowest BCUT2D eigenvalue weighted by molar-refractivity contribution is 0.0986. The van der Waals surface area contributed by atoms with E-state index >= 15 is 0 Å². The number of halogens is 2. The Morgan fingerprint density at radius 3 is 2.45 bits per heavy atom. The number of anilines is 1. The molecule has 0 radical (unpaired) electrons. The predicted octanol–water partition coefficient (Wildman–Crippen LogP) is 4.99. The highest BCUT2D eigenvalue weighted by Crippen LogP contribution is 2.20. The van der Waals surface area contributed by atoms with Crippen LogP contribution in [-0.4, -0.2) is 12.3 Å². The molecular formula is C16H15Cl2NO. The fraction of sp³-hybridized carbons (Fsp3) is 0.188. The molecular weight excluding hydrogens is 293 g/mol. The lowest BCUT2D eigenvalue weighted by Crippen LogP contribution is -2.08. The summed E-state index contributed by atoms with van der Waals surface area (Å²) in [6, 6.07) is 12.7. The number of nitrogens with one attached hydrogen (secondary N) is 1. The van der Waals surface area contributed by atoms with E-state index in [2.05, 4.69) is 5.32 Å². The van der Waals surface area contributed by atoms with Gasteiger partial charge in [0.1, 0.15) is 0 Å². The van der Waals surface area contributed by atoms with Gasteiger partial charge in [0.05, 0.1) is 0 Å². The highest BCUT2D eigenvalue weighted by atomic mass is 35.5. The van der Waals surface area contributed by atoms with Crippen LogP contribution in [0.1, 0.15) is 22.3 Å². The number of carbonyl (C=O) groups excluding carboxylic acids is 1. The van der Waals surface area contributed by atoms with Crippen LogP contribution in [-0.2, 0) is 0 Å². The van der Waals surface area contributed by atoms with Gasteiger partial charge in [0, 0.05) is 34.3 Å². The average Bonchev–Trinajstić information content (AvgIpc) is 2.43. The minimum atomic E-state index is 0.0902. The summed E-state index contributed by atoms with van der Waals surface area (Å²) in [6.45, 7) is 2.52. The number of Topliss-reactive ketones (excluding diaryl/α,β-unsaturated/α-hetero) is 1. The molecule has 2 rings (SSSR count). The maximum Gasteiger partial charge on any atom is 0.164 e. The standard InChI is InChI=1S/C16H15Cl2NO/c1-11-2-7-14(10-15(11)18)19-9-8-16(20)12-3-5-13(17)6-4-12/h2-7,10,19H,8-9H2,1H3. The van der Waals surface area contributed by atoms with Crippen LogP contribution in [0, 0.1) is 6.92 Å². The van der Waals surface area contributed by atoms with Gasteiger partial charge >= 0.3 is 0 Å². The number of carbonyl (C=O) groups is 1. The van der Waals surface area contributed by atoms with E-state index in [1.165, 1.54) is 0 Å². The van der Waals surface area contributed by atoms with E-state index in [1.807, 2.05) is 25.1 Å². The van der Waals surface area contributed by atoms with Crippen LogP contribution in [0.5, 0.6) is 0 Å². The molecule has 0 bridgehead atoms. The van der Waals surface area contributed by atoms with Gasteiger partial charge in [0.25, 0.3) is 0 Å². The zero-order chi connectivity index (χ0) is 14.5. The molecule has 0 aliphatic heterocycles. The van der Waals surface area contributed by atoms with Crippen molar-refractivity contribution in [2.75, 3.05) is 11.9 Å². The second kappa shape index (κ2) is 6.78. The fourth-order valence-electron chi connectivity index (χ4n) is 1.80. The van der Waals surface area contributed by atoms with E-state index in [-0.39, 0.29) is 5.78 Å². The van der Waals surface area contributed by atoms with Crippen molar-refractivity contribution in [2.45, 2.75) is 13.3 Å². The third kappa shape index (κ3) is 3.99. The van der Waals surface area contributed by atoms with Crippen LogP contribution in [0.25, 0.3) is 0 Å². The molecule has 0 spiro atoms. The fourth-order valence-corrected chi connectivity index (χ4v) is 2.11.